The van der Waals surface area contributed by atoms with Crippen LogP contribution in [0.3, 0.4) is 0 Å². The molecule has 0 aliphatic rings. The standard InChI is InChI=1S/C14H15ClS/c1-9-4-5-10(2)12(6-9)14(15)13-8-16-7-11(13)3/h4-8,14H,1-3H3. The summed E-state index contributed by atoms with van der Waals surface area (Å²) >= 11 is 8.28. The van der Waals surface area contributed by atoms with Crippen LogP contribution in [0.15, 0.2) is 29.0 Å². The molecule has 0 aliphatic carbocycles. The van der Waals surface area contributed by atoms with Gasteiger partial charge < -0.3 is 0 Å². The summed E-state index contributed by atoms with van der Waals surface area (Å²) < 4.78 is 0. The number of thiophene rings is 1. The van der Waals surface area contributed by atoms with Crippen LogP contribution in [0.25, 0.3) is 0 Å². The first-order valence-electron chi connectivity index (χ1n) is 5.33. The van der Waals surface area contributed by atoms with Crippen LogP contribution >= 0.6 is 22.9 Å². The molecule has 0 saturated heterocycles. The molecule has 1 atom stereocenters. The highest BCUT2D eigenvalue weighted by atomic mass is 35.5. The molecule has 0 amide bonds. The lowest BCUT2D eigenvalue weighted by molar-refractivity contribution is 1.09. The maximum atomic E-state index is 6.56. The van der Waals surface area contributed by atoms with Crippen molar-refractivity contribution in [2.75, 3.05) is 0 Å². The Balaban J connectivity index is 2.45. The van der Waals surface area contributed by atoms with Crippen LogP contribution in [0.2, 0.25) is 0 Å². The van der Waals surface area contributed by atoms with E-state index in [9.17, 15) is 0 Å². The molecule has 84 valence electrons. The minimum atomic E-state index is -0.0221. The van der Waals surface area contributed by atoms with Gasteiger partial charge in [0.1, 0.15) is 0 Å². The van der Waals surface area contributed by atoms with Crippen molar-refractivity contribution < 1.29 is 0 Å². The maximum absolute atomic E-state index is 6.56. The van der Waals surface area contributed by atoms with E-state index in [0.717, 1.165) is 0 Å². The molecule has 0 aliphatic heterocycles. The van der Waals surface area contributed by atoms with Crippen molar-refractivity contribution in [1.82, 2.24) is 0 Å². The molecule has 0 spiro atoms. The summed E-state index contributed by atoms with van der Waals surface area (Å²) in [6.07, 6.45) is 0. The van der Waals surface area contributed by atoms with Gasteiger partial charge in [0, 0.05) is 0 Å². The lowest BCUT2D eigenvalue weighted by Crippen LogP contribution is -1.97. The van der Waals surface area contributed by atoms with Crippen molar-refractivity contribution in [2.24, 2.45) is 0 Å². The summed E-state index contributed by atoms with van der Waals surface area (Å²) in [6.45, 7) is 6.34. The van der Waals surface area contributed by atoms with Crippen molar-refractivity contribution in [3.05, 3.63) is 56.8 Å². The Kier molecular flexibility index (Phi) is 3.36. The molecule has 0 bridgehead atoms. The van der Waals surface area contributed by atoms with Gasteiger partial charge in [-0.2, -0.15) is 11.3 Å². The third-order valence-corrected chi connectivity index (χ3v) is 4.23. The second kappa shape index (κ2) is 4.60. The van der Waals surface area contributed by atoms with Gasteiger partial charge in [0.15, 0.2) is 0 Å². The summed E-state index contributed by atoms with van der Waals surface area (Å²) in [5, 5.41) is 4.27. The molecule has 1 aromatic heterocycles. The molecule has 0 saturated carbocycles. The van der Waals surface area contributed by atoms with Gasteiger partial charge in [0.2, 0.25) is 0 Å². The van der Waals surface area contributed by atoms with Gasteiger partial charge in [-0.25, -0.2) is 0 Å². The molecular formula is C14H15ClS. The van der Waals surface area contributed by atoms with E-state index >= 15 is 0 Å². The minimum absolute atomic E-state index is 0.0221. The third kappa shape index (κ3) is 2.16. The summed E-state index contributed by atoms with van der Waals surface area (Å²) in [4.78, 5) is 0. The lowest BCUT2D eigenvalue weighted by Gasteiger charge is -2.13. The predicted octanol–water partition coefficient (Wildman–Crippen LogP) is 5.00. The van der Waals surface area contributed by atoms with Crippen LogP contribution in [-0.2, 0) is 0 Å². The van der Waals surface area contributed by atoms with Crippen molar-refractivity contribution in [3.63, 3.8) is 0 Å². The summed E-state index contributed by atoms with van der Waals surface area (Å²) in [7, 11) is 0. The van der Waals surface area contributed by atoms with Gasteiger partial charge in [-0.05, 0) is 53.8 Å². The van der Waals surface area contributed by atoms with Crippen molar-refractivity contribution in [3.8, 4) is 0 Å². The van der Waals surface area contributed by atoms with Gasteiger partial charge in [-0.1, -0.05) is 23.8 Å². The SMILES string of the molecule is Cc1ccc(C)c(C(Cl)c2cscc2C)c1. The topological polar surface area (TPSA) is 0 Å². The monoisotopic (exact) mass is 250 g/mol. The molecule has 2 heteroatoms. The molecule has 0 nitrogen and oxygen atoms in total. The quantitative estimate of drug-likeness (QED) is 0.658. The molecule has 2 aromatic rings. The van der Waals surface area contributed by atoms with E-state index in [-0.39, 0.29) is 5.38 Å². The maximum Gasteiger partial charge on any atom is 0.0848 e. The zero-order valence-electron chi connectivity index (χ0n) is 9.75. The van der Waals surface area contributed by atoms with Crippen LogP contribution in [-0.4, -0.2) is 0 Å². The molecule has 1 aromatic carbocycles. The Morgan fingerprint density at radius 3 is 2.38 bits per heavy atom. The molecule has 0 radical (unpaired) electrons. The van der Waals surface area contributed by atoms with Crippen LogP contribution in [0.5, 0.6) is 0 Å². The minimum Gasteiger partial charge on any atom is -0.152 e. The van der Waals surface area contributed by atoms with E-state index in [2.05, 4.69) is 49.7 Å². The molecule has 2 rings (SSSR count). The zero-order valence-corrected chi connectivity index (χ0v) is 11.3. The second-order valence-corrected chi connectivity index (χ2v) is 5.41. The smallest absolute Gasteiger partial charge is 0.0848 e. The number of aryl methyl sites for hydroxylation is 3. The van der Waals surface area contributed by atoms with Crippen LogP contribution in [0.1, 0.15) is 33.2 Å². The highest BCUT2D eigenvalue weighted by Gasteiger charge is 2.15. The Hall–Kier alpha value is -0.790. The number of hydrogen-bond acceptors (Lipinski definition) is 1. The molecule has 0 N–H and O–H groups in total. The Morgan fingerprint density at radius 1 is 1.00 bits per heavy atom. The van der Waals surface area contributed by atoms with E-state index in [1.807, 2.05) is 0 Å². The fourth-order valence-corrected chi connectivity index (χ4v) is 3.25. The number of halogens is 1. The van der Waals surface area contributed by atoms with E-state index in [4.69, 9.17) is 11.6 Å². The summed E-state index contributed by atoms with van der Waals surface area (Å²) in [5.74, 6) is 0. The molecule has 1 unspecified atom stereocenters. The van der Waals surface area contributed by atoms with Crippen molar-refractivity contribution in [2.45, 2.75) is 26.1 Å². The number of rotatable bonds is 2. The first kappa shape index (κ1) is 11.7. The fourth-order valence-electron chi connectivity index (χ4n) is 1.83. The van der Waals surface area contributed by atoms with Gasteiger partial charge >= 0.3 is 0 Å². The average molecular weight is 251 g/mol. The Morgan fingerprint density at radius 2 is 1.75 bits per heavy atom. The zero-order chi connectivity index (χ0) is 11.7. The molecular weight excluding hydrogens is 236 g/mol. The summed E-state index contributed by atoms with van der Waals surface area (Å²) in [5.41, 5.74) is 6.27. The number of benzene rings is 1. The normalized spacial score (nSPS) is 12.8. The third-order valence-electron chi connectivity index (χ3n) is 2.88. The van der Waals surface area contributed by atoms with Gasteiger partial charge in [0.05, 0.1) is 5.38 Å². The first-order valence-corrected chi connectivity index (χ1v) is 6.71. The fraction of sp³-hybridized carbons (Fsp3) is 0.286. The average Bonchev–Trinajstić information content (AvgIpc) is 2.67. The summed E-state index contributed by atoms with van der Waals surface area (Å²) in [6, 6.07) is 6.45. The second-order valence-electron chi connectivity index (χ2n) is 4.23. The molecule has 0 fully saturated rings. The molecule has 1 heterocycles. The highest BCUT2D eigenvalue weighted by molar-refractivity contribution is 7.08. The van der Waals surface area contributed by atoms with Gasteiger partial charge in [-0.3, -0.25) is 0 Å². The van der Waals surface area contributed by atoms with Crippen LogP contribution < -0.4 is 0 Å². The van der Waals surface area contributed by atoms with Gasteiger partial charge in [0.25, 0.3) is 0 Å². The number of alkyl halides is 1. The number of hydrogen-bond donors (Lipinski definition) is 0. The first-order chi connectivity index (χ1) is 7.59. The van der Waals surface area contributed by atoms with E-state index < -0.39 is 0 Å². The van der Waals surface area contributed by atoms with Crippen LogP contribution in [0, 0.1) is 20.8 Å². The largest absolute Gasteiger partial charge is 0.152 e. The van der Waals surface area contributed by atoms with E-state index in [0.29, 0.717) is 0 Å². The predicted molar refractivity (Wildman–Crippen MR) is 72.7 cm³/mol. The van der Waals surface area contributed by atoms with Crippen molar-refractivity contribution in [1.29, 1.82) is 0 Å². The lowest BCUT2D eigenvalue weighted by atomic mass is 9.98. The van der Waals surface area contributed by atoms with Crippen molar-refractivity contribution >= 4 is 22.9 Å². The van der Waals surface area contributed by atoms with E-state index in [1.165, 1.54) is 27.8 Å². The Bertz CT molecular complexity index is 499. The molecule has 16 heavy (non-hydrogen) atoms. The van der Waals surface area contributed by atoms with E-state index in [1.54, 1.807) is 11.3 Å². The van der Waals surface area contributed by atoms with Crippen LogP contribution in [0.4, 0.5) is 0 Å². The highest BCUT2D eigenvalue weighted by Crippen LogP contribution is 2.34. The Labute approximate surface area is 106 Å². The van der Waals surface area contributed by atoms with Gasteiger partial charge in [-0.15, -0.1) is 11.6 Å².